The van der Waals surface area contributed by atoms with Gasteiger partial charge in [0.2, 0.25) is 0 Å². The van der Waals surface area contributed by atoms with E-state index in [0.717, 1.165) is 19.3 Å². The summed E-state index contributed by atoms with van der Waals surface area (Å²) in [6.45, 7) is 4.04. The van der Waals surface area contributed by atoms with Gasteiger partial charge in [-0.2, -0.15) is 0 Å². The van der Waals surface area contributed by atoms with Crippen LogP contribution in [-0.2, 0) is 0 Å². The van der Waals surface area contributed by atoms with Crippen LogP contribution in [0, 0.1) is 0 Å². The number of phenolic OH excluding ortho intramolecular Hbond substituents is 2. The fourth-order valence-electron chi connectivity index (χ4n) is 2.66. The zero-order valence-electron chi connectivity index (χ0n) is 10.8. The molecule has 1 aliphatic rings. The summed E-state index contributed by atoms with van der Waals surface area (Å²) in [6.07, 6.45) is 3.09. The topological polar surface area (TPSA) is 60.8 Å². The van der Waals surface area contributed by atoms with E-state index in [2.05, 4.69) is 0 Å². The molecule has 1 saturated heterocycles. The lowest BCUT2D eigenvalue weighted by atomic mass is 9.96. The van der Waals surface area contributed by atoms with Gasteiger partial charge in [-0.25, -0.2) is 0 Å². The van der Waals surface area contributed by atoms with E-state index in [9.17, 15) is 15.0 Å². The van der Waals surface area contributed by atoms with Crippen LogP contribution in [0.2, 0.25) is 0 Å². The molecule has 4 nitrogen and oxygen atoms in total. The lowest BCUT2D eigenvalue weighted by Crippen LogP contribution is -2.47. The maximum absolute atomic E-state index is 12.4. The first-order valence-corrected chi connectivity index (χ1v) is 6.36. The van der Waals surface area contributed by atoms with Gasteiger partial charge in [-0.1, -0.05) is 6.07 Å². The molecule has 1 fully saturated rings. The third-order valence-electron chi connectivity index (χ3n) is 3.67. The molecule has 98 valence electrons. The van der Waals surface area contributed by atoms with Gasteiger partial charge in [-0.3, -0.25) is 4.79 Å². The van der Waals surface area contributed by atoms with E-state index in [1.807, 2.05) is 13.8 Å². The van der Waals surface area contributed by atoms with Crippen molar-refractivity contribution < 1.29 is 15.0 Å². The zero-order chi connectivity index (χ0) is 13.3. The number of piperidine rings is 1. The van der Waals surface area contributed by atoms with Crippen molar-refractivity contribution >= 4 is 5.91 Å². The smallest absolute Gasteiger partial charge is 0.258 e. The number of hydrogen-bond donors (Lipinski definition) is 2. The van der Waals surface area contributed by atoms with Crippen LogP contribution in [-0.4, -0.2) is 33.1 Å². The SMILES string of the molecule is CC1CCCC(C)N1C(=O)c1cccc(O)c1O. The molecule has 1 heterocycles. The summed E-state index contributed by atoms with van der Waals surface area (Å²) in [6, 6.07) is 4.83. The van der Waals surface area contributed by atoms with Crippen molar-refractivity contribution in [1.82, 2.24) is 4.90 Å². The number of benzene rings is 1. The third kappa shape index (κ3) is 2.15. The quantitative estimate of drug-likeness (QED) is 0.752. The first-order chi connectivity index (χ1) is 8.52. The van der Waals surface area contributed by atoms with Crippen molar-refractivity contribution in [2.24, 2.45) is 0 Å². The molecule has 0 spiro atoms. The first-order valence-electron chi connectivity index (χ1n) is 6.36. The van der Waals surface area contributed by atoms with Crippen LogP contribution in [0.25, 0.3) is 0 Å². The standard InChI is InChI=1S/C14H19NO3/c1-9-5-3-6-10(2)15(9)14(18)11-7-4-8-12(16)13(11)17/h4,7-10,16-17H,3,5-6H2,1-2H3. The predicted molar refractivity (Wildman–Crippen MR) is 68.7 cm³/mol. The Labute approximate surface area is 107 Å². The van der Waals surface area contributed by atoms with Gasteiger partial charge in [0.15, 0.2) is 11.5 Å². The number of rotatable bonds is 1. The number of carbonyl (C=O) groups excluding carboxylic acids is 1. The van der Waals surface area contributed by atoms with Crippen molar-refractivity contribution in [1.29, 1.82) is 0 Å². The highest BCUT2D eigenvalue weighted by Crippen LogP contribution is 2.32. The lowest BCUT2D eigenvalue weighted by Gasteiger charge is -2.39. The number of amides is 1. The van der Waals surface area contributed by atoms with Gasteiger partial charge in [0.1, 0.15) is 0 Å². The van der Waals surface area contributed by atoms with Crippen LogP contribution in [0.5, 0.6) is 11.5 Å². The highest BCUT2D eigenvalue weighted by Gasteiger charge is 2.31. The monoisotopic (exact) mass is 249 g/mol. The van der Waals surface area contributed by atoms with Crippen LogP contribution >= 0.6 is 0 Å². The first kappa shape index (κ1) is 12.7. The summed E-state index contributed by atoms with van der Waals surface area (Å²) in [5, 5.41) is 19.2. The zero-order valence-corrected chi connectivity index (χ0v) is 10.8. The third-order valence-corrected chi connectivity index (χ3v) is 3.67. The second-order valence-electron chi connectivity index (χ2n) is 5.01. The molecule has 0 aromatic heterocycles. The van der Waals surface area contributed by atoms with Crippen LogP contribution in [0.3, 0.4) is 0 Å². The Kier molecular flexibility index (Phi) is 3.45. The Morgan fingerprint density at radius 2 is 1.83 bits per heavy atom. The van der Waals surface area contributed by atoms with E-state index in [0.29, 0.717) is 0 Å². The summed E-state index contributed by atoms with van der Waals surface area (Å²) in [5.41, 5.74) is 0.176. The molecule has 0 radical (unpaired) electrons. The second-order valence-corrected chi connectivity index (χ2v) is 5.01. The average molecular weight is 249 g/mol. The molecule has 2 atom stereocenters. The van der Waals surface area contributed by atoms with Crippen molar-refractivity contribution in [3.63, 3.8) is 0 Å². The van der Waals surface area contributed by atoms with Crippen LogP contribution < -0.4 is 0 Å². The number of hydrogen-bond acceptors (Lipinski definition) is 3. The van der Waals surface area contributed by atoms with Gasteiger partial charge < -0.3 is 15.1 Å². The van der Waals surface area contributed by atoms with Gasteiger partial charge in [-0.15, -0.1) is 0 Å². The Hall–Kier alpha value is -1.71. The molecule has 2 rings (SSSR count). The number of para-hydroxylation sites is 1. The molecule has 1 aromatic carbocycles. The molecule has 4 heteroatoms. The lowest BCUT2D eigenvalue weighted by molar-refractivity contribution is 0.0507. The summed E-state index contributed by atoms with van der Waals surface area (Å²) in [5.74, 6) is -0.784. The van der Waals surface area contributed by atoms with Gasteiger partial charge in [0.05, 0.1) is 5.56 Å². The number of nitrogens with zero attached hydrogens (tertiary/aromatic N) is 1. The molecule has 1 aliphatic heterocycles. The number of carbonyl (C=O) groups is 1. The fraction of sp³-hybridized carbons (Fsp3) is 0.500. The highest BCUT2D eigenvalue weighted by atomic mass is 16.3. The van der Waals surface area contributed by atoms with Crippen LogP contribution in [0.15, 0.2) is 18.2 Å². The number of aromatic hydroxyl groups is 2. The average Bonchev–Trinajstić information content (AvgIpc) is 2.32. The van der Waals surface area contributed by atoms with Crippen molar-refractivity contribution in [2.75, 3.05) is 0 Å². The summed E-state index contributed by atoms with van der Waals surface area (Å²) in [4.78, 5) is 14.3. The molecule has 18 heavy (non-hydrogen) atoms. The highest BCUT2D eigenvalue weighted by molar-refractivity contribution is 5.98. The van der Waals surface area contributed by atoms with Crippen LogP contribution in [0.4, 0.5) is 0 Å². The van der Waals surface area contributed by atoms with E-state index in [-0.39, 0.29) is 35.1 Å². The van der Waals surface area contributed by atoms with E-state index in [4.69, 9.17) is 0 Å². The predicted octanol–water partition coefficient (Wildman–Crippen LogP) is 2.50. The van der Waals surface area contributed by atoms with Crippen molar-refractivity contribution in [3.05, 3.63) is 23.8 Å². The second kappa shape index (κ2) is 4.88. The van der Waals surface area contributed by atoms with E-state index in [1.54, 1.807) is 17.0 Å². The molecule has 1 amide bonds. The van der Waals surface area contributed by atoms with Gasteiger partial charge in [0.25, 0.3) is 5.91 Å². The van der Waals surface area contributed by atoms with Gasteiger partial charge in [0, 0.05) is 12.1 Å². The van der Waals surface area contributed by atoms with E-state index in [1.165, 1.54) is 6.07 Å². The van der Waals surface area contributed by atoms with E-state index >= 15 is 0 Å². The number of likely N-dealkylation sites (tertiary alicyclic amines) is 1. The minimum atomic E-state index is -0.326. The van der Waals surface area contributed by atoms with Gasteiger partial charge >= 0.3 is 0 Å². The molecule has 2 unspecified atom stereocenters. The summed E-state index contributed by atoms with van der Waals surface area (Å²) < 4.78 is 0. The molecular weight excluding hydrogens is 230 g/mol. The molecule has 1 aromatic rings. The van der Waals surface area contributed by atoms with Crippen molar-refractivity contribution in [2.45, 2.75) is 45.2 Å². The maximum Gasteiger partial charge on any atom is 0.258 e. The van der Waals surface area contributed by atoms with E-state index < -0.39 is 0 Å². The Bertz CT molecular complexity index is 448. The maximum atomic E-state index is 12.4. The Morgan fingerprint density at radius 3 is 2.44 bits per heavy atom. The largest absolute Gasteiger partial charge is 0.504 e. The Balaban J connectivity index is 2.32. The molecule has 0 aliphatic carbocycles. The Morgan fingerprint density at radius 1 is 1.22 bits per heavy atom. The molecule has 0 saturated carbocycles. The molecule has 2 N–H and O–H groups in total. The normalized spacial score (nSPS) is 24.0. The summed E-state index contributed by atoms with van der Waals surface area (Å²) in [7, 11) is 0. The minimum Gasteiger partial charge on any atom is -0.504 e. The molecular formula is C14H19NO3. The van der Waals surface area contributed by atoms with Crippen LogP contribution in [0.1, 0.15) is 43.5 Å². The van der Waals surface area contributed by atoms with Gasteiger partial charge in [-0.05, 0) is 45.2 Å². The molecule has 0 bridgehead atoms. The fourth-order valence-corrected chi connectivity index (χ4v) is 2.66. The summed E-state index contributed by atoms with van der Waals surface area (Å²) >= 11 is 0. The minimum absolute atomic E-state index is 0.169. The van der Waals surface area contributed by atoms with Crippen molar-refractivity contribution in [3.8, 4) is 11.5 Å². The number of phenols is 2.